The first kappa shape index (κ1) is 28.9. The van der Waals surface area contributed by atoms with Crippen LogP contribution in [0.25, 0.3) is 0 Å². The van der Waals surface area contributed by atoms with Crippen LogP contribution in [0.15, 0.2) is 4.99 Å². The van der Waals surface area contributed by atoms with E-state index in [1.165, 1.54) is 0 Å². The van der Waals surface area contributed by atoms with Crippen LogP contribution in [0.4, 0.5) is 0 Å². The van der Waals surface area contributed by atoms with Gasteiger partial charge in [-0.3, -0.25) is 4.79 Å². The van der Waals surface area contributed by atoms with Crippen LogP contribution in [0.3, 0.4) is 0 Å². The number of carbonyl (C=O) groups is 1. The molecule has 14 heteroatoms. The van der Waals surface area contributed by atoms with Crippen LogP contribution in [0, 0.1) is 0 Å². The largest absolute Gasteiger partial charge is 0.392 e. The summed E-state index contributed by atoms with van der Waals surface area (Å²) in [6, 6.07) is -1.73. The highest BCUT2D eigenvalue weighted by Crippen LogP contribution is 2.39. The summed E-state index contributed by atoms with van der Waals surface area (Å²) >= 11 is 0. The van der Waals surface area contributed by atoms with Crippen LogP contribution in [0.1, 0.15) is 44.9 Å². The van der Waals surface area contributed by atoms with Crippen molar-refractivity contribution in [1.82, 2.24) is 10.6 Å². The molecule has 1 saturated heterocycles. The Hall–Kier alpha value is -1.62. The summed E-state index contributed by atoms with van der Waals surface area (Å²) in [5, 5.41) is 47.2. The Labute approximate surface area is 210 Å². The monoisotopic (exact) mass is 517 g/mol. The van der Waals surface area contributed by atoms with Gasteiger partial charge in [-0.2, -0.15) is 0 Å². The Kier molecular flexibility index (Phi) is 10.3. The smallest absolute Gasteiger partial charge is 0.254 e. The normalized spacial score (nSPS) is 39.3. The first-order valence-electron chi connectivity index (χ1n) is 12.7. The summed E-state index contributed by atoms with van der Waals surface area (Å²) in [5.41, 5.74) is 20.7. The van der Waals surface area contributed by atoms with E-state index in [0.29, 0.717) is 45.3 Å². The summed E-state index contributed by atoms with van der Waals surface area (Å²) in [7, 11) is 0. The molecule has 1 amide bonds. The Morgan fingerprint density at radius 3 is 2.64 bits per heavy atom. The molecule has 7 unspecified atom stereocenters. The predicted molar refractivity (Wildman–Crippen MR) is 130 cm³/mol. The number of nitrogens with zero attached hydrogens (tertiary/aromatic N) is 1. The third-order valence-electron chi connectivity index (χ3n) is 7.04. The second-order valence-electron chi connectivity index (χ2n) is 10.2. The fourth-order valence-electron chi connectivity index (χ4n) is 4.86. The number of aliphatic hydroxyl groups excluding tert-OH is 3. The molecule has 0 aromatic rings. The lowest BCUT2D eigenvalue weighted by Gasteiger charge is -2.42. The van der Waals surface area contributed by atoms with E-state index in [9.17, 15) is 25.2 Å². The quantitative estimate of drug-likeness (QED) is 0.0870. The van der Waals surface area contributed by atoms with Crippen molar-refractivity contribution in [1.29, 1.82) is 0 Å². The topological polar surface area (TPSA) is 257 Å². The summed E-state index contributed by atoms with van der Waals surface area (Å²) in [6.07, 6.45) is -1.22. The molecule has 0 radical (unpaired) electrons. The number of ether oxygens (including phenoxy) is 2. The van der Waals surface area contributed by atoms with Gasteiger partial charge < -0.3 is 63.5 Å². The second kappa shape index (κ2) is 12.8. The van der Waals surface area contributed by atoms with Gasteiger partial charge >= 0.3 is 0 Å². The van der Waals surface area contributed by atoms with E-state index in [2.05, 4.69) is 15.6 Å². The van der Waals surface area contributed by atoms with Gasteiger partial charge in [0.05, 0.1) is 30.5 Å². The van der Waals surface area contributed by atoms with Crippen molar-refractivity contribution in [3.05, 3.63) is 0 Å². The molecule has 2 saturated carbocycles. The highest BCUT2D eigenvalue weighted by molar-refractivity contribution is 5.90. The molecule has 2 aliphatic carbocycles. The number of hydrogen-bond acceptors (Lipinski definition) is 11. The van der Waals surface area contributed by atoms with Gasteiger partial charge in [0, 0.05) is 38.0 Å². The number of rotatable bonds is 12. The number of hydrogen-bond donors (Lipinski definition) is 10. The van der Waals surface area contributed by atoms with Crippen molar-refractivity contribution >= 4 is 11.9 Å². The maximum atomic E-state index is 12.5. The Balaban J connectivity index is 1.44. The molecular formula is C22H43N7O7. The molecule has 0 aromatic heterocycles. The minimum absolute atomic E-state index is 0.122. The zero-order chi connectivity index (χ0) is 26.5. The standard InChI is InChI=1S/C22H43N7O7/c23-5-1-2-12(30)9-27-10-16-14(31)3-4-18(35-16)36-19-13(24)6-11(7-15(19)32)28-20(33)22(34)8-17(22)29-21(25)26/h11-19,27,30-32,34H,1-10,23-24H2,(H,28,33)(H4,25,26,29)/t11?,12?,13?,14-,15?,16?,17?,18+,19+,22?/m0/s1. The first-order chi connectivity index (χ1) is 17.0. The summed E-state index contributed by atoms with van der Waals surface area (Å²) in [4.78, 5) is 16.3. The lowest BCUT2D eigenvalue weighted by atomic mass is 9.86. The van der Waals surface area contributed by atoms with Crippen molar-refractivity contribution in [3.63, 3.8) is 0 Å². The van der Waals surface area contributed by atoms with Gasteiger partial charge in [-0.1, -0.05) is 0 Å². The average molecular weight is 518 g/mol. The predicted octanol–water partition coefficient (Wildman–Crippen LogP) is -4.33. The molecule has 1 aliphatic heterocycles. The highest BCUT2D eigenvalue weighted by Gasteiger charge is 2.60. The van der Waals surface area contributed by atoms with Gasteiger partial charge in [-0.15, -0.1) is 0 Å². The number of guanidine groups is 1. The third kappa shape index (κ3) is 7.69. The van der Waals surface area contributed by atoms with Gasteiger partial charge in [-0.25, -0.2) is 4.99 Å². The van der Waals surface area contributed by atoms with Crippen molar-refractivity contribution in [3.8, 4) is 0 Å². The van der Waals surface area contributed by atoms with Crippen LogP contribution in [-0.4, -0.2) is 112 Å². The molecular weight excluding hydrogens is 474 g/mol. The summed E-state index contributed by atoms with van der Waals surface area (Å²) in [6.45, 7) is 1.21. The van der Waals surface area contributed by atoms with E-state index in [0.717, 1.165) is 6.42 Å². The lowest BCUT2D eigenvalue weighted by molar-refractivity contribution is -0.255. The first-order valence-corrected chi connectivity index (χ1v) is 12.7. The van der Waals surface area contributed by atoms with Crippen molar-refractivity contribution in [2.75, 3.05) is 19.6 Å². The molecule has 14 N–H and O–H groups in total. The van der Waals surface area contributed by atoms with Gasteiger partial charge in [0.15, 0.2) is 17.9 Å². The second-order valence-corrected chi connectivity index (χ2v) is 10.2. The van der Waals surface area contributed by atoms with E-state index >= 15 is 0 Å². The van der Waals surface area contributed by atoms with Crippen molar-refractivity contribution < 1.29 is 34.7 Å². The van der Waals surface area contributed by atoms with Crippen LogP contribution in [-0.2, 0) is 14.3 Å². The number of aliphatic imine (C=N–C) groups is 1. The molecule has 208 valence electrons. The van der Waals surface area contributed by atoms with Crippen LogP contribution < -0.4 is 33.6 Å². The molecule has 3 fully saturated rings. The Bertz CT molecular complexity index is 746. The molecule has 0 aromatic carbocycles. The number of amides is 1. The molecule has 14 nitrogen and oxygen atoms in total. The summed E-state index contributed by atoms with van der Waals surface area (Å²) < 4.78 is 11.9. The van der Waals surface area contributed by atoms with Crippen molar-refractivity contribution in [2.45, 2.75) is 105 Å². The molecule has 36 heavy (non-hydrogen) atoms. The number of carbonyl (C=O) groups excluding carboxylic acids is 1. The van der Waals surface area contributed by atoms with Crippen LogP contribution in [0.5, 0.6) is 0 Å². The van der Waals surface area contributed by atoms with Crippen molar-refractivity contribution in [2.24, 2.45) is 27.9 Å². The van der Waals surface area contributed by atoms with Gasteiger partial charge in [0.1, 0.15) is 6.10 Å². The number of aliphatic hydroxyl groups is 4. The zero-order valence-corrected chi connectivity index (χ0v) is 20.5. The number of nitrogens with one attached hydrogen (secondary N) is 2. The van der Waals surface area contributed by atoms with E-state index in [1.807, 2.05) is 0 Å². The average Bonchev–Trinajstić information content (AvgIpc) is 3.46. The summed E-state index contributed by atoms with van der Waals surface area (Å²) in [5.74, 6) is -0.802. The van der Waals surface area contributed by atoms with E-state index < -0.39 is 66.4 Å². The fraction of sp³-hybridized carbons (Fsp3) is 0.909. The Morgan fingerprint density at radius 2 is 1.97 bits per heavy atom. The molecule has 1 heterocycles. The van der Waals surface area contributed by atoms with Crippen LogP contribution in [0.2, 0.25) is 0 Å². The fourth-order valence-corrected chi connectivity index (χ4v) is 4.86. The minimum atomic E-state index is -1.66. The molecule has 0 bridgehead atoms. The minimum Gasteiger partial charge on any atom is -0.392 e. The SMILES string of the molecule is NCCCC(O)CNCC1O[C@H](O[C@@H]2C(N)CC(NC(=O)C3(O)CC3N=C(N)N)CC2O)CC[C@@H]1O. The maximum absolute atomic E-state index is 12.5. The molecule has 0 spiro atoms. The lowest BCUT2D eigenvalue weighted by Crippen LogP contribution is -2.58. The van der Waals surface area contributed by atoms with E-state index in [1.54, 1.807) is 0 Å². The maximum Gasteiger partial charge on any atom is 0.254 e. The number of nitrogens with two attached hydrogens (primary N) is 4. The van der Waals surface area contributed by atoms with Crippen LogP contribution >= 0.6 is 0 Å². The highest BCUT2D eigenvalue weighted by atomic mass is 16.7. The molecule has 3 aliphatic rings. The zero-order valence-electron chi connectivity index (χ0n) is 20.5. The molecule has 3 rings (SSSR count). The third-order valence-corrected chi connectivity index (χ3v) is 7.04. The van der Waals surface area contributed by atoms with Gasteiger partial charge in [-0.05, 0) is 38.6 Å². The van der Waals surface area contributed by atoms with E-state index in [4.69, 9.17) is 32.4 Å². The van der Waals surface area contributed by atoms with E-state index in [-0.39, 0.29) is 18.8 Å². The molecule has 10 atom stereocenters. The van der Waals surface area contributed by atoms with Gasteiger partial charge in [0.25, 0.3) is 5.91 Å². The Morgan fingerprint density at radius 1 is 1.22 bits per heavy atom. The van der Waals surface area contributed by atoms with Gasteiger partial charge in [0.2, 0.25) is 0 Å².